The second kappa shape index (κ2) is 8.88. The third-order valence-electron chi connectivity index (χ3n) is 6.03. The monoisotopic (exact) mass is 441 g/mol. The first-order valence-corrected chi connectivity index (χ1v) is 10.7. The molecule has 2 bridgehead atoms. The first-order chi connectivity index (χ1) is 14.4. The highest BCUT2D eigenvalue weighted by atomic mass is 19.3. The first-order valence-electron chi connectivity index (χ1n) is 10.7. The number of methoxy groups -OCH3 is 1. The Morgan fingerprint density at radius 3 is 2.23 bits per heavy atom. The van der Waals surface area contributed by atoms with Gasteiger partial charge in [-0.1, -0.05) is 0 Å². The van der Waals surface area contributed by atoms with E-state index in [4.69, 9.17) is 15.2 Å². The van der Waals surface area contributed by atoms with Crippen LogP contribution in [0.3, 0.4) is 0 Å². The number of nitrogens with zero attached hydrogens (tertiary/aromatic N) is 1. The van der Waals surface area contributed by atoms with E-state index in [0.717, 1.165) is 12.8 Å². The molecular formula is C22H33F2N3O4. The van der Waals surface area contributed by atoms with Crippen molar-refractivity contribution in [3.8, 4) is 5.75 Å². The van der Waals surface area contributed by atoms with Gasteiger partial charge in [-0.2, -0.15) is 8.78 Å². The summed E-state index contributed by atoms with van der Waals surface area (Å²) in [5.74, 6) is -2.96. The van der Waals surface area contributed by atoms with Gasteiger partial charge in [0.05, 0.1) is 7.11 Å². The maximum Gasteiger partial charge on any atom is 0.407 e. The van der Waals surface area contributed by atoms with Crippen molar-refractivity contribution in [3.05, 3.63) is 29.8 Å². The van der Waals surface area contributed by atoms with Crippen molar-refractivity contribution in [3.63, 3.8) is 0 Å². The number of carbonyl (C=O) groups excluding carboxylic acids is 1. The highest BCUT2D eigenvalue weighted by Crippen LogP contribution is 2.41. The van der Waals surface area contributed by atoms with Gasteiger partial charge in [-0.3, -0.25) is 4.90 Å². The number of piperidine rings is 1. The van der Waals surface area contributed by atoms with Gasteiger partial charge in [0.15, 0.2) is 0 Å². The number of aliphatic hydroxyl groups excluding tert-OH is 1. The van der Waals surface area contributed by atoms with Crippen LogP contribution in [-0.4, -0.2) is 59.2 Å². The molecule has 0 aromatic heterocycles. The number of carbonyl (C=O) groups is 1. The number of rotatable bonds is 6. The predicted molar refractivity (Wildman–Crippen MR) is 112 cm³/mol. The Morgan fingerprint density at radius 2 is 1.74 bits per heavy atom. The third-order valence-corrected chi connectivity index (χ3v) is 6.03. The lowest BCUT2D eigenvalue weighted by atomic mass is 9.93. The number of alkyl halides is 2. The summed E-state index contributed by atoms with van der Waals surface area (Å²) in [6.45, 7) is 5.37. The zero-order chi connectivity index (χ0) is 23.0. The molecule has 3 rings (SSSR count). The molecule has 0 radical (unpaired) electrons. The number of aliphatic hydroxyl groups is 1. The Hall–Kier alpha value is -1.97. The lowest BCUT2D eigenvalue weighted by Gasteiger charge is -2.44. The van der Waals surface area contributed by atoms with Crippen molar-refractivity contribution in [2.45, 2.75) is 88.4 Å². The number of halogens is 2. The average molecular weight is 442 g/mol. The highest BCUT2D eigenvalue weighted by molar-refractivity contribution is 5.68. The molecule has 9 heteroatoms. The number of hydrogen-bond acceptors (Lipinski definition) is 6. The van der Waals surface area contributed by atoms with Crippen molar-refractivity contribution in [1.29, 1.82) is 0 Å². The van der Waals surface area contributed by atoms with Crippen molar-refractivity contribution in [2.24, 2.45) is 5.73 Å². The fourth-order valence-corrected chi connectivity index (χ4v) is 4.62. The van der Waals surface area contributed by atoms with E-state index in [1.165, 1.54) is 31.4 Å². The standard InChI is InChI=1S/C22H33F2N3O4/c1-21(2,3)31-20(29)26-14-11-15-7-8-16(12-14)27(15)19(28)18(25)22(23,24)13-5-9-17(30-4)10-6-13/h5-6,9-10,14-16,18-19,28H,7-8,11-12,25H2,1-4H3,(H,26,29). The Morgan fingerprint density at radius 1 is 1.19 bits per heavy atom. The minimum absolute atomic E-state index is 0.130. The SMILES string of the molecule is COc1ccc(C(F)(F)C(N)C(O)N2C3CCC2CC(NC(=O)OC(C)(C)C)C3)cc1. The van der Waals surface area contributed by atoms with Crippen molar-refractivity contribution in [1.82, 2.24) is 10.2 Å². The molecule has 2 aliphatic rings. The van der Waals surface area contributed by atoms with E-state index in [1.54, 1.807) is 25.7 Å². The number of ether oxygens (including phenoxy) is 2. The van der Waals surface area contributed by atoms with Gasteiger partial charge in [0.25, 0.3) is 5.92 Å². The molecule has 31 heavy (non-hydrogen) atoms. The van der Waals surface area contributed by atoms with Crippen LogP contribution in [0.5, 0.6) is 5.75 Å². The molecule has 0 spiro atoms. The molecule has 2 fully saturated rings. The van der Waals surface area contributed by atoms with Gasteiger partial charge in [0.2, 0.25) is 0 Å². The smallest absolute Gasteiger partial charge is 0.407 e. The highest BCUT2D eigenvalue weighted by Gasteiger charge is 2.51. The summed E-state index contributed by atoms with van der Waals surface area (Å²) in [7, 11) is 1.46. The summed E-state index contributed by atoms with van der Waals surface area (Å²) in [6, 6.07) is 3.22. The number of hydrogen-bond donors (Lipinski definition) is 3. The third kappa shape index (κ3) is 5.27. The van der Waals surface area contributed by atoms with E-state index >= 15 is 8.78 Å². The molecule has 7 nitrogen and oxygen atoms in total. The molecule has 0 aliphatic carbocycles. The van der Waals surface area contributed by atoms with Crippen molar-refractivity contribution in [2.75, 3.05) is 7.11 Å². The fourth-order valence-electron chi connectivity index (χ4n) is 4.62. The van der Waals surface area contributed by atoms with Crippen LogP contribution < -0.4 is 15.8 Å². The summed E-state index contributed by atoms with van der Waals surface area (Å²) in [6.07, 6.45) is 0.622. The van der Waals surface area contributed by atoms with Gasteiger partial charge in [-0.05, 0) is 70.7 Å². The van der Waals surface area contributed by atoms with E-state index < -0.39 is 29.9 Å². The Bertz CT molecular complexity index is 755. The maximum atomic E-state index is 15.0. The minimum atomic E-state index is -3.42. The molecular weight excluding hydrogens is 408 g/mol. The van der Waals surface area contributed by atoms with Crippen LogP contribution in [0.2, 0.25) is 0 Å². The van der Waals surface area contributed by atoms with Gasteiger partial charge in [-0.25, -0.2) is 4.79 Å². The zero-order valence-electron chi connectivity index (χ0n) is 18.5. The zero-order valence-corrected chi connectivity index (χ0v) is 18.5. The molecule has 2 heterocycles. The summed E-state index contributed by atoms with van der Waals surface area (Å²) in [5, 5.41) is 13.7. The molecule has 0 saturated carbocycles. The number of benzene rings is 1. The summed E-state index contributed by atoms with van der Waals surface area (Å²) in [4.78, 5) is 13.8. The normalized spacial score (nSPS) is 26.3. The molecule has 2 saturated heterocycles. The predicted octanol–water partition coefficient (Wildman–Crippen LogP) is 2.95. The average Bonchev–Trinajstić information content (AvgIpc) is 2.95. The van der Waals surface area contributed by atoms with E-state index in [-0.39, 0.29) is 23.7 Å². The van der Waals surface area contributed by atoms with Gasteiger partial charge in [0, 0.05) is 23.7 Å². The van der Waals surface area contributed by atoms with Crippen molar-refractivity contribution >= 4 is 6.09 Å². The van der Waals surface area contributed by atoms with Gasteiger partial charge in [0.1, 0.15) is 23.6 Å². The van der Waals surface area contributed by atoms with Crippen LogP contribution in [0.4, 0.5) is 13.6 Å². The molecule has 4 atom stereocenters. The quantitative estimate of drug-likeness (QED) is 0.628. The number of nitrogens with one attached hydrogen (secondary N) is 1. The fraction of sp³-hybridized carbons (Fsp3) is 0.682. The largest absolute Gasteiger partial charge is 0.497 e. The number of alkyl carbamates (subject to hydrolysis) is 1. The molecule has 4 N–H and O–H groups in total. The number of nitrogens with two attached hydrogens (primary N) is 1. The summed E-state index contributed by atoms with van der Waals surface area (Å²) < 4.78 is 40.4. The number of fused-ring (bicyclic) bond motifs is 2. The lowest BCUT2D eigenvalue weighted by Crippen LogP contribution is -2.61. The Kier molecular flexibility index (Phi) is 6.78. The topological polar surface area (TPSA) is 97.0 Å². The lowest BCUT2D eigenvalue weighted by molar-refractivity contribution is -0.137. The van der Waals surface area contributed by atoms with Crippen molar-refractivity contribution < 1.29 is 28.2 Å². The van der Waals surface area contributed by atoms with Crippen LogP contribution in [0.1, 0.15) is 52.0 Å². The molecule has 174 valence electrons. The first kappa shape index (κ1) is 23.7. The molecule has 1 aromatic rings. The van der Waals surface area contributed by atoms with Crippen LogP contribution >= 0.6 is 0 Å². The van der Waals surface area contributed by atoms with Crippen LogP contribution in [0.25, 0.3) is 0 Å². The summed E-state index contributed by atoms with van der Waals surface area (Å²) >= 11 is 0. The van der Waals surface area contributed by atoms with Crippen LogP contribution in [-0.2, 0) is 10.7 Å². The van der Waals surface area contributed by atoms with E-state index in [1.807, 2.05) is 0 Å². The molecule has 1 aromatic carbocycles. The van der Waals surface area contributed by atoms with Gasteiger partial charge < -0.3 is 25.6 Å². The van der Waals surface area contributed by atoms with Gasteiger partial charge in [-0.15, -0.1) is 0 Å². The molecule has 4 unspecified atom stereocenters. The van der Waals surface area contributed by atoms with Crippen LogP contribution in [0.15, 0.2) is 24.3 Å². The van der Waals surface area contributed by atoms with E-state index in [0.29, 0.717) is 18.6 Å². The maximum absolute atomic E-state index is 15.0. The van der Waals surface area contributed by atoms with E-state index in [2.05, 4.69) is 5.32 Å². The minimum Gasteiger partial charge on any atom is -0.497 e. The van der Waals surface area contributed by atoms with E-state index in [9.17, 15) is 9.90 Å². The number of amides is 1. The molecule has 1 amide bonds. The second-order valence-electron chi connectivity index (χ2n) is 9.44. The van der Waals surface area contributed by atoms with Crippen LogP contribution in [0, 0.1) is 0 Å². The Balaban J connectivity index is 1.65. The van der Waals surface area contributed by atoms with Gasteiger partial charge >= 0.3 is 6.09 Å². The second-order valence-corrected chi connectivity index (χ2v) is 9.44. The summed E-state index contributed by atoms with van der Waals surface area (Å²) in [5.41, 5.74) is 5.04. The Labute approximate surface area is 181 Å². The molecule has 2 aliphatic heterocycles.